The summed E-state index contributed by atoms with van der Waals surface area (Å²) in [6.07, 6.45) is 0. The van der Waals surface area contributed by atoms with Gasteiger partial charge in [0.1, 0.15) is 5.82 Å². The second kappa shape index (κ2) is 3.36. The normalized spacial score (nSPS) is 10.2. The van der Waals surface area contributed by atoms with Crippen molar-refractivity contribution in [1.82, 2.24) is 4.98 Å². The third kappa shape index (κ3) is 1.82. The van der Waals surface area contributed by atoms with Gasteiger partial charge in [-0.2, -0.15) is 0 Å². The molecule has 0 spiro atoms. The molecule has 4 heteroatoms. The first-order chi connectivity index (χ1) is 6.25. The smallest absolute Gasteiger partial charge is 0.124 e. The van der Waals surface area contributed by atoms with Crippen molar-refractivity contribution < 1.29 is 0 Å². The fourth-order valence-corrected chi connectivity index (χ4v) is 2.05. The highest BCUT2D eigenvalue weighted by Crippen LogP contribution is 2.29. The first-order valence-electron chi connectivity index (χ1n) is 3.74. The second-order valence-electron chi connectivity index (χ2n) is 2.55. The third-order valence-electron chi connectivity index (χ3n) is 1.60. The van der Waals surface area contributed by atoms with E-state index in [1.54, 1.807) is 6.07 Å². The molecular formula is C9H7ClN2S. The Morgan fingerprint density at radius 1 is 1.23 bits per heavy atom. The number of hydrogen-bond donors (Lipinski definition) is 1. The van der Waals surface area contributed by atoms with E-state index in [-0.39, 0.29) is 0 Å². The number of thiophene rings is 1. The molecule has 0 unspecified atom stereocenters. The number of nitrogens with zero attached hydrogens (tertiary/aromatic N) is 1. The minimum Gasteiger partial charge on any atom is -0.384 e. The Balaban J connectivity index is 2.46. The van der Waals surface area contributed by atoms with E-state index in [0.29, 0.717) is 5.82 Å². The van der Waals surface area contributed by atoms with Crippen LogP contribution >= 0.6 is 22.9 Å². The number of halogens is 1. The Kier molecular flexibility index (Phi) is 2.20. The highest BCUT2D eigenvalue weighted by atomic mass is 35.5. The molecule has 0 aromatic carbocycles. The minimum atomic E-state index is 0.530. The van der Waals surface area contributed by atoms with Gasteiger partial charge in [0, 0.05) is 0 Å². The van der Waals surface area contributed by atoms with Gasteiger partial charge in [0.25, 0.3) is 0 Å². The van der Waals surface area contributed by atoms with E-state index >= 15 is 0 Å². The van der Waals surface area contributed by atoms with E-state index < -0.39 is 0 Å². The first kappa shape index (κ1) is 8.53. The largest absolute Gasteiger partial charge is 0.384 e. The predicted molar refractivity (Wildman–Crippen MR) is 57.0 cm³/mol. The highest BCUT2D eigenvalue weighted by Gasteiger charge is 2.02. The maximum absolute atomic E-state index is 5.81. The van der Waals surface area contributed by atoms with Crippen LogP contribution in [0.15, 0.2) is 30.3 Å². The molecule has 0 aliphatic carbocycles. The van der Waals surface area contributed by atoms with Crippen molar-refractivity contribution in [3.05, 3.63) is 34.7 Å². The summed E-state index contributed by atoms with van der Waals surface area (Å²) in [7, 11) is 0. The number of hydrogen-bond acceptors (Lipinski definition) is 3. The standard InChI is InChI=1S/C9H7ClN2S/c10-8-5-4-7(13-8)6-2-1-3-9(11)12-6/h1-5H,(H2,11,12). The van der Waals surface area contributed by atoms with Crippen LogP contribution in [-0.2, 0) is 0 Å². The molecule has 0 radical (unpaired) electrons. The fourth-order valence-electron chi connectivity index (χ4n) is 1.04. The van der Waals surface area contributed by atoms with E-state index in [2.05, 4.69) is 4.98 Å². The maximum atomic E-state index is 5.81. The van der Waals surface area contributed by atoms with Gasteiger partial charge in [0.2, 0.25) is 0 Å². The molecule has 0 bridgehead atoms. The summed E-state index contributed by atoms with van der Waals surface area (Å²) in [6, 6.07) is 9.35. The summed E-state index contributed by atoms with van der Waals surface area (Å²) in [6.45, 7) is 0. The van der Waals surface area contributed by atoms with Gasteiger partial charge in [-0.15, -0.1) is 11.3 Å². The highest BCUT2D eigenvalue weighted by molar-refractivity contribution is 7.19. The van der Waals surface area contributed by atoms with Crippen LogP contribution in [0.5, 0.6) is 0 Å². The Morgan fingerprint density at radius 3 is 2.69 bits per heavy atom. The van der Waals surface area contributed by atoms with Crippen molar-refractivity contribution in [1.29, 1.82) is 0 Å². The molecule has 0 aliphatic heterocycles. The topological polar surface area (TPSA) is 38.9 Å². The minimum absolute atomic E-state index is 0.530. The molecule has 0 atom stereocenters. The summed E-state index contributed by atoms with van der Waals surface area (Å²) in [5.74, 6) is 0.530. The molecule has 2 rings (SSSR count). The van der Waals surface area contributed by atoms with Crippen molar-refractivity contribution in [2.75, 3.05) is 5.73 Å². The Morgan fingerprint density at radius 2 is 2.08 bits per heavy atom. The molecule has 2 heterocycles. The lowest BCUT2D eigenvalue weighted by Gasteiger charge is -1.96. The van der Waals surface area contributed by atoms with Crippen molar-refractivity contribution in [3.8, 4) is 10.6 Å². The Hall–Kier alpha value is -1.06. The van der Waals surface area contributed by atoms with Gasteiger partial charge in [-0.3, -0.25) is 0 Å². The Labute approximate surface area is 85.0 Å². The first-order valence-corrected chi connectivity index (χ1v) is 4.93. The molecule has 0 saturated heterocycles. The lowest BCUT2D eigenvalue weighted by Crippen LogP contribution is -1.89. The van der Waals surface area contributed by atoms with E-state index in [4.69, 9.17) is 17.3 Å². The number of anilines is 1. The zero-order valence-corrected chi connectivity index (χ0v) is 8.27. The van der Waals surface area contributed by atoms with Crippen LogP contribution in [0.3, 0.4) is 0 Å². The van der Waals surface area contributed by atoms with Gasteiger partial charge in [-0.25, -0.2) is 4.98 Å². The van der Waals surface area contributed by atoms with E-state index in [9.17, 15) is 0 Å². The van der Waals surface area contributed by atoms with Crippen LogP contribution in [0.2, 0.25) is 4.34 Å². The van der Waals surface area contributed by atoms with Gasteiger partial charge in [-0.1, -0.05) is 17.7 Å². The zero-order chi connectivity index (χ0) is 9.26. The lowest BCUT2D eigenvalue weighted by molar-refractivity contribution is 1.35. The Bertz CT molecular complexity index is 425. The number of nitrogens with two attached hydrogens (primary N) is 1. The summed E-state index contributed by atoms with van der Waals surface area (Å²) in [5.41, 5.74) is 6.44. The number of pyridine rings is 1. The zero-order valence-electron chi connectivity index (χ0n) is 6.70. The molecule has 0 fully saturated rings. The monoisotopic (exact) mass is 210 g/mol. The predicted octanol–water partition coefficient (Wildman–Crippen LogP) is 3.05. The molecule has 0 amide bonds. The quantitative estimate of drug-likeness (QED) is 0.786. The molecule has 66 valence electrons. The molecule has 2 aromatic heterocycles. The molecule has 2 N–H and O–H groups in total. The van der Waals surface area contributed by atoms with E-state index in [1.807, 2.05) is 24.3 Å². The fraction of sp³-hybridized carbons (Fsp3) is 0. The van der Waals surface area contributed by atoms with Crippen molar-refractivity contribution in [2.24, 2.45) is 0 Å². The third-order valence-corrected chi connectivity index (χ3v) is 2.85. The van der Waals surface area contributed by atoms with E-state index in [0.717, 1.165) is 14.9 Å². The molecule has 2 aromatic rings. The number of rotatable bonds is 1. The maximum Gasteiger partial charge on any atom is 0.124 e. The SMILES string of the molecule is Nc1cccc(-c2ccc(Cl)s2)n1. The van der Waals surface area contributed by atoms with Crippen LogP contribution in [-0.4, -0.2) is 4.98 Å². The van der Waals surface area contributed by atoms with E-state index in [1.165, 1.54) is 11.3 Å². The van der Waals surface area contributed by atoms with Crippen molar-refractivity contribution >= 4 is 28.8 Å². The average molecular weight is 211 g/mol. The van der Waals surface area contributed by atoms with Crippen LogP contribution in [0.1, 0.15) is 0 Å². The molecule has 0 saturated carbocycles. The molecule has 13 heavy (non-hydrogen) atoms. The van der Waals surface area contributed by atoms with Gasteiger partial charge in [-0.05, 0) is 24.3 Å². The van der Waals surface area contributed by atoms with Crippen LogP contribution in [0, 0.1) is 0 Å². The average Bonchev–Trinajstić information content (AvgIpc) is 2.52. The van der Waals surface area contributed by atoms with Crippen LogP contribution < -0.4 is 5.73 Å². The molecular weight excluding hydrogens is 204 g/mol. The number of aromatic nitrogens is 1. The molecule has 2 nitrogen and oxygen atoms in total. The summed E-state index contributed by atoms with van der Waals surface area (Å²) in [5, 5.41) is 0. The van der Waals surface area contributed by atoms with Gasteiger partial charge in [0.05, 0.1) is 14.9 Å². The van der Waals surface area contributed by atoms with Gasteiger partial charge in [0.15, 0.2) is 0 Å². The summed E-state index contributed by atoms with van der Waals surface area (Å²) in [4.78, 5) is 5.23. The van der Waals surface area contributed by atoms with Gasteiger partial charge >= 0.3 is 0 Å². The van der Waals surface area contributed by atoms with Crippen LogP contribution in [0.25, 0.3) is 10.6 Å². The van der Waals surface area contributed by atoms with Crippen molar-refractivity contribution in [3.63, 3.8) is 0 Å². The summed E-state index contributed by atoms with van der Waals surface area (Å²) < 4.78 is 0.763. The summed E-state index contributed by atoms with van der Waals surface area (Å²) >= 11 is 7.31. The number of nitrogen functional groups attached to an aromatic ring is 1. The van der Waals surface area contributed by atoms with Crippen molar-refractivity contribution in [2.45, 2.75) is 0 Å². The van der Waals surface area contributed by atoms with Crippen LogP contribution in [0.4, 0.5) is 5.82 Å². The van der Waals surface area contributed by atoms with Gasteiger partial charge < -0.3 is 5.73 Å². The molecule has 0 aliphatic rings. The second-order valence-corrected chi connectivity index (χ2v) is 4.27. The lowest BCUT2D eigenvalue weighted by atomic mass is 10.3.